The molecule has 0 saturated heterocycles. The fourth-order valence-electron chi connectivity index (χ4n) is 2.03. The maximum atomic E-state index is 11.9. The maximum absolute atomic E-state index is 11.9. The summed E-state index contributed by atoms with van der Waals surface area (Å²) >= 11 is 1.46. The largest absolute Gasteiger partial charge is 0.469 e. The Balaban J connectivity index is 2.40. The van der Waals surface area contributed by atoms with Crippen molar-refractivity contribution in [3.05, 3.63) is 35.4 Å². The van der Waals surface area contributed by atoms with E-state index in [4.69, 9.17) is 0 Å². The van der Waals surface area contributed by atoms with E-state index < -0.39 is 0 Å². The molecule has 5 heteroatoms. The van der Waals surface area contributed by atoms with E-state index >= 15 is 0 Å². The number of benzene rings is 1. The standard InChI is InChI=1S/C16H23NO3S/c1-11-7-5-6-8-14(11)13(3)17-15(18)10-21-12(2)9-16(19)20-4/h5-8,12-13H,9-10H2,1-4H3,(H,17,18). The Morgan fingerprint density at radius 1 is 1.29 bits per heavy atom. The maximum Gasteiger partial charge on any atom is 0.306 e. The fourth-order valence-corrected chi connectivity index (χ4v) is 2.80. The van der Waals surface area contributed by atoms with Crippen molar-refractivity contribution in [2.45, 2.75) is 38.5 Å². The van der Waals surface area contributed by atoms with E-state index in [1.165, 1.54) is 18.9 Å². The molecule has 0 heterocycles. The minimum Gasteiger partial charge on any atom is -0.469 e. The Hall–Kier alpha value is -1.49. The minimum absolute atomic E-state index is 0.0183. The first-order chi connectivity index (χ1) is 9.93. The Kier molecular flexibility index (Phi) is 7.29. The third-order valence-corrected chi connectivity index (χ3v) is 4.38. The van der Waals surface area contributed by atoms with Crippen LogP contribution >= 0.6 is 11.8 Å². The quantitative estimate of drug-likeness (QED) is 0.787. The zero-order chi connectivity index (χ0) is 15.8. The molecule has 1 aromatic carbocycles. The number of nitrogens with one attached hydrogen (secondary N) is 1. The number of ether oxygens (including phenoxy) is 1. The van der Waals surface area contributed by atoms with Crippen LogP contribution in [-0.2, 0) is 14.3 Å². The van der Waals surface area contributed by atoms with Crippen LogP contribution < -0.4 is 5.32 Å². The van der Waals surface area contributed by atoms with E-state index in [0.29, 0.717) is 12.2 Å². The third-order valence-electron chi connectivity index (χ3n) is 3.21. The van der Waals surface area contributed by atoms with Gasteiger partial charge in [-0.3, -0.25) is 9.59 Å². The second-order valence-corrected chi connectivity index (χ2v) is 6.47. The van der Waals surface area contributed by atoms with Crippen molar-refractivity contribution in [2.24, 2.45) is 0 Å². The predicted molar refractivity (Wildman–Crippen MR) is 86.3 cm³/mol. The molecule has 0 radical (unpaired) electrons. The first-order valence-corrected chi connectivity index (χ1v) is 8.02. The first-order valence-electron chi connectivity index (χ1n) is 6.97. The molecule has 116 valence electrons. The number of carbonyl (C=O) groups excluding carboxylic acids is 2. The van der Waals surface area contributed by atoms with Crippen LogP contribution in [0.15, 0.2) is 24.3 Å². The van der Waals surface area contributed by atoms with Crippen LogP contribution in [0.5, 0.6) is 0 Å². The van der Waals surface area contributed by atoms with Crippen LogP contribution in [0.2, 0.25) is 0 Å². The molecule has 0 spiro atoms. The predicted octanol–water partition coefficient (Wildman–Crippen LogP) is 2.86. The Bertz CT molecular complexity index is 490. The normalized spacial score (nSPS) is 13.3. The van der Waals surface area contributed by atoms with Crippen LogP contribution in [-0.4, -0.2) is 30.0 Å². The van der Waals surface area contributed by atoms with Crippen LogP contribution in [0.3, 0.4) is 0 Å². The van der Waals surface area contributed by atoms with Gasteiger partial charge in [0.15, 0.2) is 0 Å². The smallest absolute Gasteiger partial charge is 0.306 e. The molecule has 4 nitrogen and oxygen atoms in total. The molecule has 0 aromatic heterocycles. The van der Waals surface area contributed by atoms with Gasteiger partial charge in [0.25, 0.3) is 0 Å². The summed E-state index contributed by atoms with van der Waals surface area (Å²) in [6.07, 6.45) is 0.321. The highest BCUT2D eigenvalue weighted by Gasteiger charge is 2.14. The van der Waals surface area contributed by atoms with E-state index in [1.54, 1.807) is 0 Å². The van der Waals surface area contributed by atoms with Gasteiger partial charge in [0, 0.05) is 5.25 Å². The minimum atomic E-state index is -0.247. The fraction of sp³-hybridized carbons (Fsp3) is 0.500. The Morgan fingerprint density at radius 2 is 1.95 bits per heavy atom. The number of rotatable bonds is 7. The van der Waals surface area contributed by atoms with Gasteiger partial charge < -0.3 is 10.1 Å². The van der Waals surface area contributed by atoms with E-state index in [0.717, 1.165) is 11.1 Å². The molecule has 0 saturated carbocycles. The van der Waals surface area contributed by atoms with E-state index in [2.05, 4.69) is 10.1 Å². The van der Waals surface area contributed by atoms with Gasteiger partial charge in [0.1, 0.15) is 0 Å². The van der Waals surface area contributed by atoms with Crippen LogP contribution in [0.1, 0.15) is 37.4 Å². The molecule has 2 atom stereocenters. The van der Waals surface area contributed by atoms with Gasteiger partial charge >= 0.3 is 5.97 Å². The van der Waals surface area contributed by atoms with Gasteiger partial charge in [-0.1, -0.05) is 31.2 Å². The molecule has 0 bridgehead atoms. The lowest BCUT2D eigenvalue weighted by Gasteiger charge is -2.17. The first kappa shape index (κ1) is 17.6. The monoisotopic (exact) mass is 309 g/mol. The highest BCUT2D eigenvalue weighted by molar-refractivity contribution is 8.00. The number of hydrogen-bond acceptors (Lipinski definition) is 4. The highest BCUT2D eigenvalue weighted by Crippen LogP contribution is 2.18. The van der Waals surface area contributed by atoms with Crippen molar-refractivity contribution >= 4 is 23.6 Å². The summed E-state index contributed by atoms with van der Waals surface area (Å²) in [5, 5.41) is 3.05. The summed E-state index contributed by atoms with van der Waals surface area (Å²) in [6.45, 7) is 5.92. The van der Waals surface area contributed by atoms with Crippen molar-refractivity contribution < 1.29 is 14.3 Å². The average Bonchev–Trinajstić information content (AvgIpc) is 2.45. The molecule has 0 aliphatic carbocycles. The summed E-state index contributed by atoms with van der Waals surface area (Å²) < 4.78 is 4.61. The Morgan fingerprint density at radius 3 is 2.57 bits per heavy atom. The molecule has 0 fully saturated rings. The highest BCUT2D eigenvalue weighted by atomic mass is 32.2. The molecular weight excluding hydrogens is 286 g/mol. The van der Waals surface area contributed by atoms with Crippen LogP contribution in [0.4, 0.5) is 0 Å². The van der Waals surface area contributed by atoms with Crippen molar-refractivity contribution in [1.82, 2.24) is 5.32 Å². The van der Waals surface area contributed by atoms with E-state index in [1.807, 2.05) is 45.0 Å². The van der Waals surface area contributed by atoms with Crippen LogP contribution in [0, 0.1) is 6.92 Å². The number of carbonyl (C=O) groups is 2. The molecule has 21 heavy (non-hydrogen) atoms. The van der Waals surface area contributed by atoms with Gasteiger partial charge in [0.05, 0.1) is 25.3 Å². The third kappa shape index (κ3) is 6.21. The lowest BCUT2D eigenvalue weighted by Crippen LogP contribution is -2.29. The average molecular weight is 309 g/mol. The van der Waals surface area contributed by atoms with Crippen molar-refractivity contribution in [2.75, 3.05) is 12.9 Å². The number of methoxy groups -OCH3 is 1. The van der Waals surface area contributed by atoms with Gasteiger partial charge in [0.2, 0.25) is 5.91 Å². The summed E-state index contributed by atoms with van der Waals surface area (Å²) in [6, 6.07) is 7.99. The number of amides is 1. The zero-order valence-corrected chi connectivity index (χ0v) is 13.8. The molecule has 1 amide bonds. The van der Waals surface area contributed by atoms with Gasteiger partial charge in [-0.2, -0.15) is 0 Å². The van der Waals surface area contributed by atoms with Crippen molar-refractivity contribution in [3.8, 4) is 0 Å². The van der Waals surface area contributed by atoms with Crippen molar-refractivity contribution in [1.29, 1.82) is 0 Å². The summed E-state index contributed by atoms with van der Waals surface area (Å²) in [7, 11) is 1.37. The topological polar surface area (TPSA) is 55.4 Å². The SMILES string of the molecule is COC(=O)CC(C)SCC(=O)NC(C)c1ccccc1C. The van der Waals surface area contributed by atoms with Crippen molar-refractivity contribution in [3.63, 3.8) is 0 Å². The van der Waals surface area contributed by atoms with Gasteiger partial charge in [-0.05, 0) is 25.0 Å². The number of esters is 1. The lowest BCUT2D eigenvalue weighted by molar-refractivity contribution is -0.140. The van der Waals surface area contributed by atoms with Crippen LogP contribution in [0.25, 0.3) is 0 Å². The molecule has 0 aliphatic rings. The summed E-state index contributed by atoms with van der Waals surface area (Å²) in [5.74, 6) is 0.0742. The lowest BCUT2D eigenvalue weighted by atomic mass is 10.0. The van der Waals surface area contributed by atoms with Gasteiger partial charge in [-0.25, -0.2) is 0 Å². The van der Waals surface area contributed by atoms with E-state index in [-0.39, 0.29) is 23.2 Å². The zero-order valence-electron chi connectivity index (χ0n) is 13.0. The molecule has 0 aliphatic heterocycles. The number of thioether (sulfide) groups is 1. The second-order valence-electron chi connectivity index (χ2n) is 5.05. The van der Waals surface area contributed by atoms with Gasteiger partial charge in [-0.15, -0.1) is 11.8 Å². The molecular formula is C16H23NO3S. The molecule has 2 unspecified atom stereocenters. The second kappa shape index (κ2) is 8.72. The number of aryl methyl sites for hydroxylation is 1. The number of hydrogen-bond donors (Lipinski definition) is 1. The molecule has 1 rings (SSSR count). The summed E-state index contributed by atoms with van der Waals surface area (Å²) in [4.78, 5) is 23.1. The summed E-state index contributed by atoms with van der Waals surface area (Å²) in [5.41, 5.74) is 2.29. The van der Waals surface area contributed by atoms with E-state index in [9.17, 15) is 9.59 Å². The molecule has 1 aromatic rings. The molecule has 1 N–H and O–H groups in total. The Labute approximate surface area is 130 Å².